The van der Waals surface area contributed by atoms with Crippen LogP contribution in [0.4, 0.5) is 0 Å². The van der Waals surface area contributed by atoms with Crippen LogP contribution in [0.25, 0.3) is 4.96 Å². The van der Waals surface area contributed by atoms with E-state index in [0.29, 0.717) is 10.7 Å². The average molecular weight is 369 g/mol. The first kappa shape index (κ1) is 16.0. The molecule has 0 aliphatic heterocycles. The van der Waals surface area contributed by atoms with E-state index in [1.54, 1.807) is 12.3 Å². The fraction of sp³-hybridized carbons (Fsp3) is 0.133. The van der Waals surface area contributed by atoms with E-state index in [0.717, 1.165) is 4.96 Å². The predicted octanol–water partition coefficient (Wildman–Crippen LogP) is 3.67. The van der Waals surface area contributed by atoms with Crippen molar-refractivity contribution in [2.24, 2.45) is 0 Å². The second kappa shape index (κ2) is 6.70. The van der Waals surface area contributed by atoms with Crippen molar-refractivity contribution in [2.45, 2.75) is 6.42 Å². The molecule has 0 amide bonds. The van der Waals surface area contributed by atoms with Gasteiger partial charge in [-0.1, -0.05) is 23.2 Å². The maximum Gasteiger partial charge on any atom is 0.312 e. The van der Waals surface area contributed by atoms with Gasteiger partial charge in [-0.05, 0) is 18.2 Å². The topological polar surface area (TPSA) is 60.7 Å². The number of carbonyl (C=O) groups is 2. The normalized spacial score (nSPS) is 10.9. The fourth-order valence-corrected chi connectivity index (χ4v) is 3.11. The van der Waals surface area contributed by atoms with E-state index in [2.05, 4.69) is 4.98 Å². The number of ether oxygens (including phenoxy) is 1. The summed E-state index contributed by atoms with van der Waals surface area (Å²) in [5.41, 5.74) is 0.824. The van der Waals surface area contributed by atoms with Crippen molar-refractivity contribution in [3.63, 3.8) is 0 Å². The van der Waals surface area contributed by atoms with Crippen LogP contribution in [0.2, 0.25) is 10.0 Å². The van der Waals surface area contributed by atoms with Gasteiger partial charge in [0.2, 0.25) is 5.78 Å². The van der Waals surface area contributed by atoms with Gasteiger partial charge in [-0.2, -0.15) is 0 Å². The molecule has 0 saturated heterocycles. The standard InChI is InChI=1S/C15H10Cl2N2O3S/c16-9-1-2-12(17)11(5-9)13(20)8-22-14(21)6-10-7-19-3-4-23-15(19)18-10/h1-5,7H,6,8H2. The van der Waals surface area contributed by atoms with Gasteiger partial charge in [-0.15, -0.1) is 11.3 Å². The van der Waals surface area contributed by atoms with Crippen LogP contribution < -0.4 is 0 Å². The molecule has 0 N–H and O–H groups in total. The van der Waals surface area contributed by atoms with Crippen molar-refractivity contribution in [1.29, 1.82) is 0 Å². The third-order valence-electron chi connectivity index (χ3n) is 3.06. The summed E-state index contributed by atoms with van der Waals surface area (Å²) in [5, 5.41) is 2.56. The van der Waals surface area contributed by atoms with Gasteiger partial charge in [0.05, 0.1) is 17.1 Å². The molecule has 5 nitrogen and oxygen atoms in total. The number of Topliss-reactive ketones (excluding diaryl/α,β-unsaturated/α-hetero) is 1. The smallest absolute Gasteiger partial charge is 0.312 e. The zero-order valence-corrected chi connectivity index (χ0v) is 14.0. The van der Waals surface area contributed by atoms with Crippen molar-refractivity contribution < 1.29 is 14.3 Å². The maximum absolute atomic E-state index is 12.0. The second-order valence-corrected chi connectivity index (χ2v) is 6.43. The third kappa shape index (κ3) is 3.72. The average Bonchev–Trinajstić information content (AvgIpc) is 3.08. The SMILES string of the molecule is O=C(Cc1cn2ccsc2n1)OCC(=O)c1cc(Cl)ccc1Cl. The third-order valence-corrected chi connectivity index (χ3v) is 4.40. The van der Waals surface area contributed by atoms with Crippen molar-refractivity contribution in [3.8, 4) is 0 Å². The van der Waals surface area contributed by atoms with Gasteiger partial charge >= 0.3 is 5.97 Å². The number of imidazole rings is 1. The number of halogens is 2. The van der Waals surface area contributed by atoms with E-state index in [4.69, 9.17) is 27.9 Å². The number of benzene rings is 1. The van der Waals surface area contributed by atoms with Crippen LogP contribution in [0.3, 0.4) is 0 Å². The molecule has 0 spiro atoms. The Hall–Kier alpha value is -1.89. The van der Waals surface area contributed by atoms with Crippen molar-refractivity contribution in [1.82, 2.24) is 9.38 Å². The number of nitrogens with zero attached hydrogens (tertiary/aromatic N) is 2. The number of hydrogen-bond donors (Lipinski definition) is 0. The first-order valence-corrected chi connectivity index (χ1v) is 8.21. The summed E-state index contributed by atoms with van der Waals surface area (Å²) in [5.74, 6) is -0.932. The van der Waals surface area contributed by atoms with Crippen LogP contribution in [0.5, 0.6) is 0 Å². The molecule has 8 heteroatoms. The number of carbonyl (C=O) groups excluding carboxylic acids is 2. The number of thiazole rings is 1. The quantitative estimate of drug-likeness (QED) is 0.509. The lowest BCUT2D eigenvalue weighted by molar-refractivity contribution is -0.141. The Bertz CT molecular complexity index is 859. The molecular weight excluding hydrogens is 359 g/mol. The van der Waals surface area contributed by atoms with Gasteiger partial charge in [0.15, 0.2) is 11.6 Å². The second-order valence-electron chi connectivity index (χ2n) is 4.71. The fourth-order valence-electron chi connectivity index (χ4n) is 2.00. The van der Waals surface area contributed by atoms with Crippen LogP contribution in [-0.4, -0.2) is 27.7 Å². The van der Waals surface area contributed by atoms with Crippen LogP contribution in [-0.2, 0) is 16.0 Å². The van der Waals surface area contributed by atoms with Gasteiger partial charge in [0, 0.05) is 28.4 Å². The van der Waals surface area contributed by atoms with Crippen molar-refractivity contribution >= 4 is 51.3 Å². The van der Waals surface area contributed by atoms with Gasteiger partial charge < -0.3 is 4.74 Å². The number of ketones is 1. The highest BCUT2D eigenvalue weighted by Gasteiger charge is 2.15. The number of hydrogen-bond acceptors (Lipinski definition) is 5. The Kier molecular flexibility index (Phi) is 4.66. The Balaban J connectivity index is 1.59. The molecular formula is C15H10Cl2N2O3S. The molecule has 1 aromatic carbocycles. The molecule has 3 aromatic rings. The molecule has 0 aliphatic carbocycles. The van der Waals surface area contributed by atoms with Crippen LogP contribution >= 0.6 is 34.5 Å². The van der Waals surface area contributed by atoms with E-state index < -0.39 is 11.8 Å². The minimum Gasteiger partial charge on any atom is -0.457 e. The van der Waals surface area contributed by atoms with Gasteiger partial charge in [0.1, 0.15) is 0 Å². The number of esters is 1. The van der Waals surface area contributed by atoms with E-state index in [1.807, 2.05) is 16.0 Å². The van der Waals surface area contributed by atoms with E-state index in [9.17, 15) is 9.59 Å². The molecule has 118 valence electrons. The lowest BCUT2D eigenvalue weighted by Gasteiger charge is -2.05. The van der Waals surface area contributed by atoms with Crippen LogP contribution in [0.15, 0.2) is 36.0 Å². The minimum atomic E-state index is -0.526. The van der Waals surface area contributed by atoms with Crippen molar-refractivity contribution in [2.75, 3.05) is 6.61 Å². The maximum atomic E-state index is 12.0. The molecule has 0 saturated carbocycles. The highest BCUT2D eigenvalue weighted by atomic mass is 35.5. The van der Waals surface area contributed by atoms with Crippen LogP contribution in [0, 0.1) is 0 Å². The first-order valence-electron chi connectivity index (χ1n) is 6.58. The summed E-state index contributed by atoms with van der Waals surface area (Å²) < 4.78 is 6.82. The molecule has 0 bridgehead atoms. The number of rotatable bonds is 5. The largest absolute Gasteiger partial charge is 0.457 e. The number of fused-ring (bicyclic) bond motifs is 1. The summed E-state index contributed by atoms with van der Waals surface area (Å²) in [7, 11) is 0. The molecule has 23 heavy (non-hydrogen) atoms. The molecule has 0 unspecified atom stereocenters. The minimum absolute atomic E-state index is 0.00492. The van der Waals surface area contributed by atoms with Gasteiger partial charge in [-0.3, -0.25) is 14.0 Å². The van der Waals surface area contributed by atoms with E-state index in [1.165, 1.54) is 23.5 Å². The number of aromatic nitrogens is 2. The van der Waals surface area contributed by atoms with E-state index >= 15 is 0 Å². The molecule has 3 rings (SSSR count). The molecule has 0 fully saturated rings. The summed E-state index contributed by atoms with van der Waals surface area (Å²) in [6.07, 6.45) is 3.61. The molecule has 0 radical (unpaired) electrons. The molecule has 0 atom stereocenters. The highest BCUT2D eigenvalue weighted by molar-refractivity contribution is 7.15. The monoisotopic (exact) mass is 368 g/mol. The van der Waals surface area contributed by atoms with Gasteiger partial charge in [-0.25, -0.2) is 4.98 Å². The zero-order chi connectivity index (χ0) is 16.4. The Morgan fingerprint density at radius 3 is 2.91 bits per heavy atom. The molecule has 0 aliphatic rings. The Labute approximate surface area is 145 Å². The lowest BCUT2D eigenvalue weighted by atomic mass is 10.1. The molecule has 2 aromatic heterocycles. The zero-order valence-electron chi connectivity index (χ0n) is 11.7. The van der Waals surface area contributed by atoms with Crippen molar-refractivity contribution in [3.05, 3.63) is 57.3 Å². The summed E-state index contributed by atoms with van der Waals surface area (Å²) in [4.78, 5) is 28.9. The first-order chi connectivity index (χ1) is 11.0. The Morgan fingerprint density at radius 2 is 2.13 bits per heavy atom. The van der Waals surface area contributed by atoms with Gasteiger partial charge in [0.25, 0.3) is 0 Å². The predicted molar refractivity (Wildman–Crippen MR) is 88.5 cm³/mol. The molecule has 2 heterocycles. The summed E-state index contributed by atoms with van der Waals surface area (Å²) in [6.45, 7) is -0.388. The summed E-state index contributed by atoms with van der Waals surface area (Å²) >= 11 is 13.2. The lowest BCUT2D eigenvalue weighted by Crippen LogP contribution is -2.16. The Morgan fingerprint density at radius 1 is 1.30 bits per heavy atom. The highest BCUT2D eigenvalue weighted by Crippen LogP contribution is 2.21. The van der Waals surface area contributed by atoms with E-state index in [-0.39, 0.29) is 23.6 Å². The van der Waals surface area contributed by atoms with Crippen LogP contribution in [0.1, 0.15) is 16.1 Å². The summed E-state index contributed by atoms with van der Waals surface area (Å²) in [6, 6.07) is 4.55.